The molecule has 0 saturated heterocycles. The van der Waals surface area contributed by atoms with Crippen molar-refractivity contribution in [2.45, 2.75) is 13.0 Å². The van der Waals surface area contributed by atoms with Crippen LogP contribution in [0, 0.1) is 6.92 Å². The first kappa shape index (κ1) is 13.8. The maximum absolute atomic E-state index is 9.48. The van der Waals surface area contributed by atoms with Crippen LogP contribution in [-0.2, 0) is 0 Å². The summed E-state index contributed by atoms with van der Waals surface area (Å²) in [6.45, 7) is 2.60. The third kappa shape index (κ3) is 2.52. The van der Waals surface area contributed by atoms with Crippen molar-refractivity contribution in [1.29, 1.82) is 0 Å². The molecule has 0 spiro atoms. The van der Waals surface area contributed by atoms with E-state index in [1.807, 2.05) is 6.07 Å². The van der Waals surface area contributed by atoms with Crippen LogP contribution < -0.4 is 10.1 Å². The number of hydrogen-bond donors (Lipinski definition) is 2. The van der Waals surface area contributed by atoms with Gasteiger partial charge in [0.05, 0.1) is 11.7 Å². The number of phenolic OH excluding ortho intramolecular Hbond substituents is 1. The Hall–Kier alpha value is -1.20. The second kappa shape index (κ2) is 5.30. The molecule has 3 nitrogen and oxygen atoms in total. The lowest BCUT2D eigenvalue weighted by Gasteiger charge is -2.17. The summed E-state index contributed by atoms with van der Waals surface area (Å²) in [6, 6.07) is 9.44. The van der Waals surface area contributed by atoms with Crippen LogP contribution in [0.5, 0.6) is 11.5 Å². The van der Waals surface area contributed by atoms with Crippen molar-refractivity contribution in [1.82, 2.24) is 0 Å². The third-order valence-electron chi connectivity index (χ3n) is 3.28. The standard InChI is InChI=1S/C15H13Br2NO2/c1-8-4-11(16)15(12(17)5-8)18-13-7-20-14-6-9(19)2-3-10(13)14/h2-6,13,18-19H,7H2,1H3. The van der Waals surface area contributed by atoms with E-state index in [2.05, 4.69) is 56.2 Å². The fraction of sp³-hybridized carbons (Fsp3) is 0.200. The van der Waals surface area contributed by atoms with E-state index in [4.69, 9.17) is 4.74 Å². The molecular formula is C15H13Br2NO2. The molecule has 0 saturated carbocycles. The van der Waals surface area contributed by atoms with Crippen molar-refractivity contribution in [2.75, 3.05) is 11.9 Å². The van der Waals surface area contributed by atoms with Gasteiger partial charge in [-0.15, -0.1) is 0 Å². The van der Waals surface area contributed by atoms with Crippen molar-refractivity contribution >= 4 is 37.5 Å². The maximum atomic E-state index is 9.48. The molecule has 0 fully saturated rings. The van der Waals surface area contributed by atoms with Gasteiger partial charge in [-0.1, -0.05) is 0 Å². The minimum atomic E-state index is 0.0703. The van der Waals surface area contributed by atoms with E-state index in [1.54, 1.807) is 12.1 Å². The largest absolute Gasteiger partial charge is 0.508 e. The van der Waals surface area contributed by atoms with E-state index in [0.29, 0.717) is 6.61 Å². The Labute approximate surface area is 134 Å². The number of rotatable bonds is 2. The SMILES string of the molecule is Cc1cc(Br)c(NC2COc3cc(O)ccc32)c(Br)c1. The van der Waals surface area contributed by atoms with Gasteiger partial charge in [0, 0.05) is 20.6 Å². The molecule has 1 atom stereocenters. The smallest absolute Gasteiger partial charge is 0.128 e. The van der Waals surface area contributed by atoms with Crippen LogP contribution in [0.25, 0.3) is 0 Å². The topological polar surface area (TPSA) is 41.5 Å². The molecule has 0 bridgehead atoms. The molecule has 0 radical (unpaired) electrons. The van der Waals surface area contributed by atoms with E-state index < -0.39 is 0 Å². The first-order valence-corrected chi connectivity index (χ1v) is 7.81. The first-order chi connectivity index (χ1) is 9.54. The molecule has 20 heavy (non-hydrogen) atoms. The Bertz CT molecular complexity index is 650. The third-order valence-corrected chi connectivity index (χ3v) is 4.53. The Balaban J connectivity index is 1.91. The molecule has 1 aliphatic rings. The molecular weight excluding hydrogens is 386 g/mol. The summed E-state index contributed by atoms with van der Waals surface area (Å²) in [5.41, 5.74) is 3.24. The monoisotopic (exact) mass is 397 g/mol. The van der Waals surface area contributed by atoms with Crippen LogP contribution in [-0.4, -0.2) is 11.7 Å². The zero-order valence-electron chi connectivity index (χ0n) is 10.8. The van der Waals surface area contributed by atoms with Gasteiger partial charge < -0.3 is 15.2 Å². The Morgan fingerprint density at radius 2 is 1.90 bits per heavy atom. The predicted octanol–water partition coefficient (Wildman–Crippen LogP) is 4.77. The Morgan fingerprint density at radius 1 is 1.20 bits per heavy atom. The Morgan fingerprint density at radius 3 is 2.60 bits per heavy atom. The summed E-state index contributed by atoms with van der Waals surface area (Å²) < 4.78 is 7.64. The molecule has 1 unspecified atom stereocenters. The number of anilines is 1. The predicted molar refractivity (Wildman–Crippen MR) is 86.5 cm³/mol. The highest BCUT2D eigenvalue weighted by molar-refractivity contribution is 9.11. The van der Waals surface area contributed by atoms with E-state index >= 15 is 0 Å². The number of benzene rings is 2. The minimum Gasteiger partial charge on any atom is -0.508 e. The summed E-state index contributed by atoms with van der Waals surface area (Å²) >= 11 is 7.17. The molecule has 1 aliphatic heterocycles. The van der Waals surface area contributed by atoms with Crippen LogP contribution in [0.3, 0.4) is 0 Å². The summed E-state index contributed by atoms with van der Waals surface area (Å²) in [6.07, 6.45) is 0. The lowest BCUT2D eigenvalue weighted by molar-refractivity contribution is 0.338. The average molecular weight is 399 g/mol. The Kier molecular flexibility index (Phi) is 3.65. The summed E-state index contributed by atoms with van der Waals surface area (Å²) in [5, 5.41) is 13.0. The van der Waals surface area contributed by atoms with Crippen molar-refractivity contribution in [3.8, 4) is 11.5 Å². The molecule has 0 aromatic heterocycles. The molecule has 2 aromatic rings. The van der Waals surface area contributed by atoms with Crippen LogP contribution in [0.1, 0.15) is 17.2 Å². The normalized spacial score (nSPS) is 16.6. The lowest BCUT2D eigenvalue weighted by Crippen LogP contribution is -2.12. The minimum absolute atomic E-state index is 0.0703. The molecule has 2 N–H and O–H groups in total. The maximum Gasteiger partial charge on any atom is 0.128 e. The highest BCUT2D eigenvalue weighted by Crippen LogP contribution is 2.40. The van der Waals surface area contributed by atoms with Gasteiger partial charge in [0.15, 0.2) is 0 Å². The van der Waals surface area contributed by atoms with Crippen molar-refractivity contribution in [3.05, 3.63) is 50.4 Å². The van der Waals surface area contributed by atoms with Gasteiger partial charge in [-0.25, -0.2) is 0 Å². The number of halogens is 2. The molecule has 2 aromatic carbocycles. The number of hydrogen-bond acceptors (Lipinski definition) is 3. The van der Waals surface area contributed by atoms with Crippen LogP contribution in [0.2, 0.25) is 0 Å². The lowest BCUT2D eigenvalue weighted by atomic mass is 10.1. The summed E-state index contributed by atoms with van der Waals surface area (Å²) in [4.78, 5) is 0. The summed E-state index contributed by atoms with van der Waals surface area (Å²) in [7, 11) is 0. The van der Waals surface area contributed by atoms with Gasteiger partial charge in [-0.3, -0.25) is 0 Å². The molecule has 3 rings (SSSR count). The van der Waals surface area contributed by atoms with Gasteiger partial charge in [0.2, 0.25) is 0 Å². The van der Waals surface area contributed by atoms with Crippen LogP contribution >= 0.6 is 31.9 Å². The number of fused-ring (bicyclic) bond motifs is 1. The molecule has 0 amide bonds. The van der Waals surface area contributed by atoms with Crippen LogP contribution in [0.4, 0.5) is 5.69 Å². The number of aryl methyl sites for hydroxylation is 1. The van der Waals surface area contributed by atoms with Gasteiger partial charge >= 0.3 is 0 Å². The number of phenols is 1. The fourth-order valence-corrected chi connectivity index (χ4v) is 3.97. The highest BCUT2D eigenvalue weighted by Gasteiger charge is 2.25. The van der Waals surface area contributed by atoms with Gasteiger partial charge in [0.1, 0.15) is 18.1 Å². The fourth-order valence-electron chi connectivity index (χ4n) is 2.33. The summed E-state index contributed by atoms with van der Waals surface area (Å²) in [5.74, 6) is 0.962. The molecule has 1 heterocycles. The van der Waals surface area contributed by atoms with E-state index in [-0.39, 0.29) is 11.8 Å². The average Bonchev–Trinajstić information content (AvgIpc) is 2.76. The van der Waals surface area contributed by atoms with Crippen molar-refractivity contribution in [3.63, 3.8) is 0 Å². The second-order valence-electron chi connectivity index (χ2n) is 4.83. The van der Waals surface area contributed by atoms with Gasteiger partial charge in [-0.2, -0.15) is 0 Å². The molecule has 0 aliphatic carbocycles. The number of ether oxygens (including phenoxy) is 1. The number of aromatic hydroxyl groups is 1. The first-order valence-electron chi connectivity index (χ1n) is 6.22. The zero-order valence-corrected chi connectivity index (χ0v) is 14.0. The quantitative estimate of drug-likeness (QED) is 0.765. The van der Waals surface area contributed by atoms with E-state index in [1.165, 1.54) is 5.56 Å². The second-order valence-corrected chi connectivity index (χ2v) is 6.54. The molecule has 5 heteroatoms. The van der Waals surface area contributed by atoms with Crippen molar-refractivity contribution < 1.29 is 9.84 Å². The van der Waals surface area contributed by atoms with E-state index in [0.717, 1.165) is 25.9 Å². The van der Waals surface area contributed by atoms with Crippen molar-refractivity contribution in [2.24, 2.45) is 0 Å². The zero-order chi connectivity index (χ0) is 14.3. The van der Waals surface area contributed by atoms with Crippen LogP contribution in [0.15, 0.2) is 39.3 Å². The molecule has 104 valence electrons. The van der Waals surface area contributed by atoms with Gasteiger partial charge in [0.25, 0.3) is 0 Å². The van der Waals surface area contributed by atoms with Gasteiger partial charge in [-0.05, 0) is 68.6 Å². The highest BCUT2D eigenvalue weighted by atomic mass is 79.9. The number of nitrogens with one attached hydrogen (secondary N) is 1. The van der Waals surface area contributed by atoms with E-state index in [9.17, 15) is 5.11 Å².